The van der Waals surface area contributed by atoms with Gasteiger partial charge in [0.05, 0.1) is 5.69 Å². The molecule has 2 aliphatic rings. The summed E-state index contributed by atoms with van der Waals surface area (Å²) < 4.78 is 45.8. The summed E-state index contributed by atoms with van der Waals surface area (Å²) in [6.45, 7) is 3.65. The van der Waals surface area contributed by atoms with E-state index in [4.69, 9.17) is 9.90 Å². The Labute approximate surface area is 157 Å². The number of imide groups is 1. The van der Waals surface area contributed by atoms with E-state index >= 15 is 0 Å². The van der Waals surface area contributed by atoms with Gasteiger partial charge in [-0.05, 0) is 18.2 Å². The normalized spacial score (nSPS) is 17.6. The number of benzene rings is 1. The monoisotopic (exact) mass is 406 g/mol. The fourth-order valence-electron chi connectivity index (χ4n) is 2.62. The van der Waals surface area contributed by atoms with Crippen molar-refractivity contribution in [2.24, 2.45) is 0 Å². The molecule has 2 aliphatic heterocycles. The second kappa shape index (κ2) is 8.87. The van der Waals surface area contributed by atoms with Gasteiger partial charge in [-0.1, -0.05) is 0 Å². The number of carboxylic acid groups (broad SMARTS) is 1. The molecule has 3 rings (SSSR count). The van der Waals surface area contributed by atoms with Crippen molar-refractivity contribution >= 4 is 29.3 Å². The molecule has 0 bridgehead atoms. The van der Waals surface area contributed by atoms with Gasteiger partial charge in [0.25, 0.3) is 0 Å². The number of aliphatic carboxylic acids is 1. The van der Waals surface area contributed by atoms with Crippen molar-refractivity contribution in [1.29, 1.82) is 0 Å². The summed E-state index contributed by atoms with van der Waals surface area (Å²) in [6, 6.07) is 4.20. The van der Waals surface area contributed by atoms with Crippen LogP contribution in [0.2, 0.25) is 0 Å². The first-order valence-electron chi connectivity index (χ1n) is 8.26. The SMILES string of the molecule is O=C(O)C(F)(F)F.O=C1CCN(c2cc(N3CCNCC3)ccc2F)C(=O)N1. The molecule has 0 atom stereocenters. The highest BCUT2D eigenvalue weighted by Gasteiger charge is 2.38. The number of carboxylic acids is 1. The number of piperazine rings is 1. The van der Waals surface area contributed by atoms with Crippen LogP contribution in [0, 0.1) is 5.82 Å². The second-order valence-electron chi connectivity index (χ2n) is 5.93. The van der Waals surface area contributed by atoms with E-state index in [1.807, 2.05) is 0 Å². The van der Waals surface area contributed by atoms with Crippen LogP contribution in [0.4, 0.5) is 33.7 Å². The minimum absolute atomic E-state index is 0.184. The van der Waals surface area contributed by atoms with Gasteiger partial charge in [0.2, 0.25) is 5.91 Å². The van der Waals surface area contributed by atoms with E-state index in [-0.39, 0.29) is 24.6 Å². The third-order valence-corrected chi connectivity index (χ3v) is 4.00. The molecular formula is C16H18F4N4O4. The second-order valence-corrected chi connectivity index (χ2v) is 5.93. The van der Waals surface area contributed by atoms with E-state index in [1.54, 1.807) is 12.1 Å². The number of nitrogens with one attached hydrogen (secondary N) is 2. The predicted octanol–water partition coefficient (Wildman–Crippen LogP) is 1.31. The smallest absolute Gasteiger partial charge is 0.475 e. The highest BCUT2D eigenvalue weighted by atomic mass is 19.4. The summed E-state index contributed by atoms with van der Waals surface area (Å²) >= 11 is 0. The maximum Gasteiger partial charge on any atom is 0.490 e. The maximum absolute atomic E-state index is 14.1. The highest BCUT2D eigenvalue weighted by molar-refractivity contribution is 6.05. The molecule has 12 heteroatoms. The molecule has 0 aromatic heterocycles. The predicted molar refractivity (Wildman–Crippen MR) is 90.7 cm³/mol. The summed E-state index contributed by atoms with van der Waals surface area (Å²) in [4.78, 5) is 35.4. The number of nitrogens with zero attached hydrogens (tertiary/aromatic N) is 2. The highest BCUT2D eigenvalue weighted by Crippen LogP contribution is 2.27. The molecule has 2 heterocycles. The zero-order valence-electron chi connectivity index (χ0n) is 14.6. The molecule has 28 heavy (non-hydrogen) atoms. The lowest BCUT2D eigenvalue weighted by molar-refractivity contribution is -0.192. The average Bonchev–Trinajstić information content (AvgIpc) is 2.63. The van der Waals surface area contributed by atoms with Gasteiger partial charge < -0.3 is 15.3 Å². The fraction of sp³-hybridized carbons (Fsp3) is 0.438. The van der Waals surface area contributed by atoms with Gasteiger partial charge in [-0.3, -0.25) is 15.0 Å². The molecule has 154 valence electrons. The van der Waals surface area contributed by atoms with E-state index < -0.39 is 24.0 Å². The quantitative estimate of drug-likeness (QED) is 0.641. The van der Waals surface area contributed by atoms with Crippen LogP contribution in [-0.4, -0.2) is 61.9 Å². The maximum atomic E-state index is 14.1. The Bertz CT molecular complexity index is 751. The van der Waals surface area contributed by atoms with Crippen LogP contribution in [0.25, 0.3) is 0 Å². The van der Waals surface area contributed by atoms with Crippen molar-refractivity contribution in [2.45, 2.75) is 12.6 Å². The van der Waals surface area contributed by atoms with Crippen LogP contribution in [-0.2, 0) is 9.59 Å². The molecule has 1 aromatic carbocycles. The van der Waals surface area contributed by atoms with Gasteiger partial charge in [0.1, 0.15) is 5.82 Å². The first kappa shape index (κ1) is 21.4. The number of carbonyl (C=O) groups excluding carboxylic acids is 2. The molecule has 2 fully saturated rings. The lowest BCUT2D eigenvalue weighted by Crippen LogP contribution is -2.50. The van der Waals surface area contributed by atoms with Gasteiger partial charge in [-0.25, -0.2) is 14.0 Å². The van der Waals surface area contributed by atoms with E-state index in [9.17, 15) is 27.2 Å². The summed E-state index contributed by atoms with van der Waals surface area (Å²) in [5.41, 5.74) is 1.11. The zero-order chi connectivity index (χ0) is 20.9. The first-order valence-corrected chi connectivity index (χ1v) is 8.26. The number of alkyl halides is 3. The van der Waals surface area contributed by atoms with Gasteiger partial charge in [-0.2, -0.15) is 13.2 Å². The summed E-state index contributed by atoms with van der Waals surface area (Å²) in [6.07, 6.45) is -4.90. The molecule has 2 saturated heterocycles. The number of urea groups is 1. The Morgan fingerprint density at radius 1 is 1.11 bits per heavy atom. The summed E-state index contributed by atoms with van der Waals surface area (Å²) in [7, 11) is 0. The number of amides is 3. The third kappa shape index (κ3) is 5.55. The third-order valence-electron chi connectivity index (χ3n) is 4.00. The van der Waals surface area contributed by atoms with E-state index in [2.05, 4.69) is 15.5 Å². The van der Waals surface area contributed by atoms with Gasteiger partial charge >= 0.3 is 18.2 Å². The molecule has 0 saturated carbocycles. The van der Waals surface area contributed by atoms with Crippen molar-refractivity contribution in [3.05, 3.63) is 24.0 Å². The fourth-order valence-corrected chi connectivity index (χ4v) is 2.62. The standard InChI is InChI=1S/C14H17FN4O2.C2HF3O2/c15-11-2-1-10(18-7-4-16-5-8-18)9-12(11)19-6-3-13(20)17-14(19)21;3-2(4,5)1(6)7/h1-2,9,16H,3-8H2,(H,17,20,21);(H,6,7). The Morgan fingerprint density at radius 2 is 1.71 bits per heavy atom. The molecule has 1 aromatic rings. The van der Waals surface area contributed by atoms with E-state index in [0.717, 1.165) is 31.9 Å². The number of hydrogen-bond acceptors (Lipinski definition) is 5. The number of hydrogen-bond donors (Lipinski definition) is 3. The number of carbonyl (C=O) groups is 3. The van der Waals surface area contributed by atoms with Crippen LogP contribution in [0.5, 0.6) is 0 Å². The lowest BCUT2D eigenvalue weighted by atomic mass is 10.2. The number of halogens is 4. The Balaban J connectivity index is 0.000000345. The van der Waals surface area contributed by atoms with Crippen LogP contribution in [0.15, 0.2) is 18.2 Å². The molecule has 0 radical (unpaired) electrons. The van der Waals surface area contributed by atoms with E-state index in [1.165, 1.54) is 11.0 Å². The van der Waals surface area contributed by atoms with E-state index in [0.29, 0.717) is 0 Å². The molecule has 3 amide bonds. The molecule has 0 aliphatic carbocycles. The van der Waals surface area contributed by atoms with Crippen LogP contribution < -0.4 is 20.4 Å². The van der Waals surface area contributed by atoms with Crippen LogP contribution >= 0.6 is 0 Å². The van der Waals surface area contributed by atoms with Crippen molar-refractivity contribution in [1.82, 2.24) is 10.6 Å². The molecule has 3 N–H and O–H groups in total. The van der Waals surface area contributed by atoms with Crippen LogP contribution in [0.3, 0.4) is 0 Å². The van der Waals surface area contributed by atoms with Gasteiger partial charge in [-0.15, -0.1) is 0 Å². The summed E-state index contributed by atoms with van der Waals surface area (Å²) in [5, 5.41) is 12.6. The Kier molecular flexibility index (Phi) is 6.78. The van der Waals surface area contributed by atoms with Crippen molar-refractivity contribution < 1.29 is 37.1 Å². The molecule has 8 nitrogen and oxygen atoms in total. The Morgan fingerprint density at radius 3 is 2.25 bits per heavy atom. The van der Waals surface area contributed by atoms with Gasteiger partial charge in [0, 0.05) is 44.8 Å². The molecular weight excluding hydrogens is 388 g/mol. The Hall–Kier alpha value is -2.89. The number of anilines is 2. The lowest BCUT2D eigenvalue weighted by Gasteiger charge is -2.31. The first-order chi connectivity index (χ1) is 13.1. The largest absolute Gasteiger partial charge is 0.490 e. The topological polar surface area (TPSA) is 102 Å². The molecule has 0 unspecified atom stereocenters. The van der Waals surface area contributed by atoms with Crippen molar-refractivity contribution in [3.8, 4) is 0 Å². The minimum Gasteiger partial charge on any atom is -0.475 e. The minimum atomic E-state index is -5.08. The summed E-state index contributed by atoms with van der Waals surface area (Å²) in [5.74, 6) is -3.54. The van der Waals surface area contributed by atoms with Crippen LogP contribution in [0.1, 0.15) is 6.42 Å². The molecule has 0 spiro atoms. The van der Waals surface area contributed by atoms with Gasteiger partial charge in [0.15, 0.2) is 0 Å². The number of rotatable bonds is 2. The zero-order valence-corrected chi connectivity index (χ0v) is 14.6. The van der Waals surface area contributed by atoms with Crippen molar-refractivity contribution in [2.75, 3.05) is 42.5 Å². The average molecular weight is 406 g/mol. The van der Waals surface area contributed by atoms with Crippen molar-refractivity contribution in [3.63, 3.8) is 0 Å².